The first-order valence-corrected chi connectivity index (χ1v) is 13.1. The summed E-state index contributed by atoms with van der Waals surface area (Å²) < 4.78 is 42.5. The quantitative estimate of drug-likeness (QED) is 0.190. The van der Waals surface area contributed by atoms with Gasteiger partial charge in [-0.05, 0) is 57.1 Å². The van der Waals surface area contributed by atoms with Crippen molar-refractivity contribution >= 4 is 0 Å². The number of rotatable bonds is 6. The Bertz CT molecular complexity index is 1680. The van der Waals surface area contributed by atoms with Crippen LogP contribution in [0.5, 0.6) is 0 Å². The Hall–Kier alpha value is -4.89. The van der Waals surface area contributed by atoms with E-state index in [2.05, 4.69) is 36.4 Å². The maximum Gasteiger partial charge on any atom is 0.131 e. The van der Waals surface area contributed by atoms with Gasteiger partial charge in [-0.15, -0.1) is 0 Å². The van der Waals surface area contributed by atoms with Gasteiger partial charge in [0.15, 0.2) is 0 Å². The van der Waals surface area contributed by atoms with Gasteiger partial charge in [-0.2, -0.15) is 0 Å². The van der Waals surface area contributed by atoms with E-state index in [0.717, 1.165) is 33.9 Å². The van der Waals surface area contributed by atoms with Crippen LogP contribution in [0, 0.1) is 17.5 Å². The number of halogens is 3. The first-order chi connectivity index (χ1) is 19.6. The Labute approximate surface area is 232 Å². The first-order valence-electron chi connectivity index (χ1n) is 13.1. The highest BCUT2D eigenvalue weighted by molar-refractivity contribution is 5.69. The molecular formula is C37H25F3. The zero-order valence-corrected chi connectivity index (χ0v) is 21.6. The van der Waals surface area contributed by atoms with E-state index >= 15 is 0 Å². The summed E-state index contributed by atoms with van der Waals surface area (Å²) in [6.45, 7) is 0. The van der Waals surface area contributed by atoms with Crippen molar-refractivity contribution in [2.24, 2.45) is 0 Å². The molecule has 0 nitrogen and oxygen atoms in total. The zero-order chi connectivity index (χ0) is 27.5. The Morgan fingerprint density at radius 1 is 0.350 bits per heavy atom. The normalized spacial score (nSPS) is 11.4. The topological polar surface area (TPSA) is 0 Å². The molecule has 0 saturated heterocycles. The van der Waals surface area contributed by atoms with Crippen LogP contribution in [0.1, 0.15) is 22.3 Å². The highest BCUT2D eigenvalue weighted by Crippen LogP contribution is 2.46. The summed E-state index contributed by atoms with van der Waals surface area (Å²) in [4.78, 5) is 0. The smallest absolute Gasteiger partial charge is 0.131 e. The van der Waals surface area contributed by atoms with Gasteiger partial charge in [0.05, 0.1) is 5.41 Å². The minimum atomic E-state index is -0.706. The van der Waals surface area contributed by atoms with E-state index in [0.29, 0.717) is 16.7 Å². The SMILES string of the molecule is Fc1cc(F)cc(-c2ccc(C(c3ccccc3)(c3ccccc3)c3ccc(-c4ccccc4F)cc3)cc2)c1. The van der Waals surface area contributed by atoms with Crippen molar-refractivity contribution in [3.8, 4) is 22.3 Å². The third kappa shape index (κ3) is 4.60. The van der Waals surface area contributed by atoms with Crippen molar-refractivity contribution in [2.75, 3.05) is 0 Å². The first kappa shape index (κ1) is 25.4. The minimum absolute atomic E-state index is 0.267. The van der Waals surface area contributed by atoms with Crippen molar-refractivity contribution in [3.63, 3.8) is 0 Å². The highest BCUT2D eigenvalue weighted by Gasteiger charge is 2.38. The molecule has 6 rings (SSSR count). The summed E-state index contributed by atoms with van der Waals surface area (Å²) >= 11 is 0. The standard InChI is InChI=1S/C37H25F3/c38-33-23-28(24-34(39)25-33)26-15-19-31(20-16-26)37(29-9-3-1-4-10-29,30-11-5-2-6-12-30)32-21-17-27(18-22-32)35-13-7-8-14-36(35)40/h1-25H. The van der Waals surface area contributed by atoms with Gasteiger partial charge in [0.25, 0.3) is 0 Å². The molecule has 3 heteroatoms. The fourth-order valence-electron chi connectivity index (χ4n) is 5.60. The lowest BCUT2D eigenvalue weighted by molar-refractivity contribution is 0.584. The van der Waals surface area contributed by atoms with E-state index in [9.17, 15) is 13.2 Å². The molecule has 0 aliphatic heterocycles. The van der Waals surface area contributed by atoms with Crippen molar-refractivity contribution in [1.29, 1.82) is 0 Å². The molecule has 0 saturated carbocycles. The largest absolute Gasteiger partial charge is 0.207 e. The number of hydrogen-bond donors (Lipinski definition) is 0. The molecule has 6 aromatic carbocycles. The van der Waals surface area contributed by atoms with Gasteiger partial charge in [0, 0.05) is 11.6 Å². The fraction of sp³-hybridized carbons (Fsp3) is 0.0270. The summed E-state index contributed by atoms with van der Waals surface area (Å²) in [5.41, 5.74) is 5.94. The molecule has 6 aromatic rings. The summed E-state index contributed by atoms with van der Waals surface area (Å²) in [6.07, 6.45) is 0. The van der Waals surface area contributed by atoms with Crippen LogP contribution < -0.4 is 0 Å². The van der Waals surface area contributed by atoms with Crippen LogP contribution in [0.2, 0.25) is 0 Å². The summed E-state index contributed by atoms with van der Waals surface area (Å²) in [5, 5.41) is 0. The predicted octanol–water partition coefficient (Wildman–Crippen LogP) is 9.82. The Morgan fingerprint density at radius 2 is 0.775 bits per heavy atom. The van der Waals surface area contributed by atoms with Crippen LogP contribution in [0.15, 0.2) is 152 Å². The van der Waals surface area contributed by atoms with Crippen LogP contribution in [0.25, 0.3) is 22.3 Å². The molecule has 0 heterocycles. The fourth-order valence-corrected chi connectivity index (χ4v) is 5.60. The highest BCUT2D eigenvalue weighted by atomic mass is 19.1. The van der Waals surface area contributed by atoms with Gasteiger partial charge in [-0.25, -0.2) is 13.2 Å². The van der Waals surface area contributed by atoms with Crippen molar-refractivity contribution in [2.45, 2.75) is 5.41 Å². The molecule has 40 heavy (non-hydrogen) atoms. The second-order valence-corrected chi connectivity index (χ2v) is 9.77. The van der Waals surface area contributed by atoms with Crippen LogP contribution >= 0.6 is 0 Å². The molecule has 194 valence electrons. The number of benzene rings is 6. The molecule has 0 bridgehead atoms. The lowest BCUT2D eigenvalue weighted by Crippen LogP contribution is -2.31. The second kappa shape index (κ2) is 10.7. The molecule has 0 atom stereocenters. The van der Waals surface area contributed by atoms with E-state index in [4.69, 9.17) is 0 Å². The molecule has 0 fully saturated rings. The van der Waals surface area contributed by atoms with Gasteiger partial charge in [0.2, 0.25) is 0 Å². The van der Waals surface area contributed by atoms with Crippen LogP contribution in [-0.2, 0) is 5.41 Å². The molecule has 0 N–H and O–H groups in total. The Kier molecular flexibility index (Phi) is 6.79. The lowest BCUT2D eigenvalue weighted by Gasteiger charge is -2.37. The van der Waals surface area contributed by atoms with E-state index in [-0.39, 0.29) is 5.82 Å². The summed E-state index contributed by atoms with van der Waals surface area (Å²) in [6, 6.07) is 46.6. The summed E-state index contributed by atoms with van der Waals surface area (Å²) in [7, 11) is 0. The molecule has 0 aromatic heterocycles. The third-order valence-corrected chi connectivity index (χ3v) is 7.43. The van der Waals surface area contributed by atoms with E-state index in [1.54, 1.807) is 12.1 Å². The van der Waals surface area contributed by atoms with E-state index < -0.39 is 17.0 Å². The van der Waals surface area contributed by atoms with Gasteiger partial charge >= 0.3 is 0 Å². The zero-order valence-electron chi connectivity index (χ0n) is 21.6. The minimum Gasteiger partial charge on any atom is -0.207 e. The van der Waals surface area contributed by atoms with Crippen LogP contribution in [-0.4, -0.2) is 0 Å². The molecule has 0 amide bonds. The monoisotopic (exact) mass is 526 g/mol. The van der Waals surface area contributed by atoms with E-state index in [1.165, 1.54) is 18.2 Å². The van der Waals surface area contributed by atoms with Crippen molar-refractivity contribution < 1.29 is 13.2 Å². The van der Waals surface area contributed by atoms with Crippen LogP contribution in [0.4, 0.5) is 13.2 Å². The molecule has 0 aliphatic carbocycles. The van der Waals surface area contributed by atoms with Gasteiger partial charge in [-0.1, -0.05) is 127 Å². The predicted molar refractivity (Wildman–Crippen MR) is 155 cm³/mol. The van der Waals surface area contributed by atoms with Gasteiger partial charge in [0.1, 0.15) is 17.5 Å². The Morgan fingerprint density at radius 3 is 1.27 bits per heavy atom. The average molecular weight is 527 g/mol. The molecule has 0 radical (unpaired) electrons. The maximum atomic E-state index is 14.6. The maximum absolute atomic E-state index is 14.6. The Balaban J connectivity index is 1.57. The average Bonchev–Trinajstić information content (AvgIpc) is 2.99. The van der Waals surface area contributed by atoms with Crippen LogP contribution in [0.3, 0.4) is 0 Å². The molecule has 0 aliphatic rings. The third-order valence-electron chi connectivity index (χ3n) is 7.43. The van der Waals surface area contributed by atoms with E-state index in [1.807, 2.05) is 78.9 Å². The molecule has 0 spiro atoms. The van der Waals surface area contributed by atoms with Crippen molar-refractivity contribution in [1.82, 2.24) is 0 Å². The molecular weight excluding hydrogens is 501 g/mol. The summed E-state index contributed by atoms with van der Waals surface area (Å²) in [5.74, 6) is -1.49. The van der Waals surface area contributed by atoms with Crippen molar-refractivity contribution in [3.05, 3.63) is 191 Å². The van der Waals surface area contributed by atoms with Gasteiger partial charge in [-0.3, -0.25) is 0 Å². The van der Waals surface area contributed by atoms with Gasteiger partial charge < -0.3 is 0 Å². The lowest BCUT2D eigenvalue weighted by atomic mass is 9.65. The molecule has 0 unspecified atom stereocenters. The second-order valence-electron chi connectivity index (χ2n) is 9.77. The number of hydrogen-bond acceptors (Lipinski definition) is 0.